The maximum Gasteiger partial charge on any atom is 0.213 e. The largest absolute Gasteiger partial charge is 0.343 e. The molecule has 2 heterocycles. The van der Waals surface area contributed by atoms with Crippen LogP contribution in [-0.4, -0.2) is 26.2 Å². The fourth-order valence-electron chi connectivity index (χ4n) is 1.44. The van der Waals surface area contributed by atoms with E-state index in [9.17, 15) is 0 Å². The van der Waals surface area contributed by atoms with Gasteiger partial charge in [0.2, 0.25) is 6.39 Å². The van der Waals surface area contributed by atoms with Gasteiger partial charge in [-0.15, -0.1) is 0 Å². The topological polar surface area (TPSA) is 68.8 Å². The highest BCUT2D eigenvalue weighted by Gasteiger charge is 2.05. The predicted octanol–water partition coefficient (Wildman–Crippen LogP) is 0.814. The minimum Gasteiger partial charge on any atom is -0.343 e. The van der Waals surface area contributed by atoms with Crippen LogP contribution in [0.25, 0.3) is 0 Å². The van der Waals surface area contributed by atoms with Crippen LogP contribution in [0, 0.1) is 0 Å². The van der Waals surface area contributed by atoms with Crippen molar-refractivity contribution in [1.82, 2.24) is 25.0 Å². The summed E-state index contributed by atoms with van der Waals surface area (Å²) in [6, 6.07) is 0. The fourth-order valence-corrected chi connectivity index (χ4v) is 1.44. The Balaban J connectivity index is 1.96. The van der Waals surface area contributed by atoms with Crippen molar-refractivity contribution < 1.29 is 4.52 Å². The first-order chi connectivity index (χ1) is 7.90. The van der Waals surface area contributed by atoms with Crippen LogP contribution in [0.2, 0.25) is 0 Å². The van der Waals surface area contributed by atoms with Gasteiger partial charge in [0.15, 0.2) is 5.82 Å². The van der Waals surface area contributed by atoms with Gasteiger partial charge in [-0.2, -0.15) is 4.98 Å². The molecule has 0 spiro atoms. The number of nitrogens with zero attached hydrogens (tertiary/aromatic N) is 4. The third kappa shape index (κ3) is 2.66. The van der Waals surface area contributed by atoms with Gasteiger partial charge in [-0.3, -0.25) is 0 Å². The van der Waals surface area contributed by atoms with Crippen LogP contribution in [0.5, 0.6) is 0 Å². The molecule has 2 aromatic rings. The summed E-state index contributed by atoms with van der Waals surface area (Å²) < 4.78 is 6.70. The minimum atomic E-state index is 0.597. The highest BCUT2D eigenvalue weighted by Crippen LogP contribution is 2.01. The molecular weight excluding hydrogens is 206 g/mol. The second-order valence-electron chi connectivity index (χ2n) is 3.50. The molecule has 0 atom stereocenters. The van der Waals surface area contributed by atoms with Gasteiger partial charge >= 0.3 is 0 Å². The second kappa shape index (κ2) is 5.41. The molecule has 6 heteroatoms. The van der Waals surface area contributed by atoms with Crippen LogP contribution < -0.4 is 5.32 Å². The molecule has 0 amide bonds. The van der Waals surface area contributed by atoms with E-state index in [0.29, 0.717) is 12.4 Å². The van der Waals surface area contributed by atoms with Gasteiger partial charge in [-0.1, -0.05) is 12.1 Å². The zero-order valence-corrected chi connectivity index (χ0v) is 9.26. The summed E-state index contributed by atoms with van der Waals surface area (Å²) in [7, 11) is 0. The van der Waals surface area contributed by atoms with E-state index in [1.807, 2.05) is 10.8 Å². The molecule has 2 rings (SSSR count). The molecule has 1 N–H and O–H groups in total. The average molecular weight is 221 g/mol. The molecule has 0 saturated heterocycles. The zero-order chi connectivity index (χ0) is 11.2. The monoisotopic (exact) mass is 221 g/mol. The molecule has 6 nitrogen and oxygen atoms in total. The number of nitrogens with one attached hydrogen (secondary N) is 1. The number of aromatic nitrogens is 4. The molecule has 0 fully saturated rings. The summed E-state index contributed by atoms with van der Waals surface area (Å²) in [6.07, 6.45) is 6.15. The van der Waals surface area contributed by atoms with E-state index in [4.69, 9.17) is 4.52 Å². The van der Waals surface area contributed by atoms with Gasteiger partial charge < -0.3 is 14.4 Å². The van der Waals surface area contributed by atoms with Crippen LogP contribution in [-0.2, 0) is 13.1 Å². The van der Waals surface area contributed by atoms with E-state index < -0.39 is 0 Å². The normalized spacial score (nSPS) is 10.8. The average Bonchev–Trinajstić information content (AvgIpc) is 2.92. The lowest BCUT2D eigenvalue weighted by Gasteiger charge is -2.05. The Bertz CT molecular complexity index is 409. The molecule has 86 valence electrons. The Morgan fingerprint density at radius 1 is 1.44 bits per heavy atom. The van der Waals surface area contributed by atoms with Gasteiger partial charge in [0.05, 0.1) is 13.1 Å². The first-order valence-corrected chi connectivity index (χ1v) is 5.36. The predicted molar refractivity (Wildman–Crippen MR) is 57.6 cm³/mol. The maximum atomic E-state index is 4.69. The maximum absolute atomic E-state index is 4.69. The van der Waals surface area contributed by atoms with Crippen LogP contribution in [0.1, 0.15) is 25.0 Å². The summed E-state index contributed by atoms with van der Waals surface area (Å²) in [6.45, 7) is 4.49. The van der Waals surface area contributed by atoms with Gasteiger partial charge in [-0.25, -0.2) is 4.98 Å². The highest BCUT2D eigenvalue weighted by atomic mass is 16.5. The molecule has 0 aromatic carbocycles. The van der Waals surface area contributed by atoms with Crippen molar-refractivity contribution >= 4 is 0 Å². The van der Waals surface area contributed by atoms with Gasteiger partial charge in [0, 0.05) is 12.4 Å². The molecule has 0 aliphatic heterocycles. The molecule has 16 heavy (non-hydrogen) atoms. The number of rotatable bonds is 6. The molecule has 0 bridgehead atoms. The minimum absolute atomic E-state index is 0.597. The van der Waals surface area contributed by atoms with Gasteiger partial charge in [-0.05, 0) is 13.0 Å². The first-order valence-electron chi connectivity index (χ1n) is 5.36. The molecule has 0 unspecified atom stereocenters. The standard InChI is InChI=1S/C10H15N5O/c1-2-3-11-6-10-12-4-5-15(10)7-9-13-8-16-14-9/h4-5,8,11H,2-3,6-7H2,1H3. The molecule has 0 radical (unpaired) electrons. The summed E-state index contributed by atoms with van der Waals surface area (Å²) in [5, 5.41) is 7.08. The lowest BCUT2D eigenvalue weighted by atomic mass is 10.4. The van der Waals surface area contributed by atoms with Crippen molar-refractivity contribution in [3.8, 4) is 0 Å². The van der Waals surface area contributed by atoms with Crippen molar-refractivity contribution in [3.05, 3.63) is 30.4 Å². The summed E-state index contributed by atoms with van der Waals surface area (Å²) in [5.74, 6) is 1.65. The van der Waals surface area contributed by atoms with E-state index in [2.05, 4.69) is 27.4 Å². The second-order valence-corrected chi connectivity index (χ2v) is 3.50. The third-order valence-corrected chi connectivity index (χ3v) is 2.23. The Kier molecular flexibility index (Phi) is 3.66. The van der Waals surface area contributed by atoms with Crippen LogP contribution in [0.4, 0.5) is 0 Å². The van der Waals surface area contributed by atoms with Crippen molar-refractivity contribution in [2.24, 2.45) is 0 Å². The number of hydrogen-bond acceptors (Lipinski definition) is 5. The Labute approximate surface area is 93.7 Å². The van der Waals surface area contributed by atoms with E-state index in [0.717, 1.165) is 25.3 Å². The molecular formula is C10H15N5O. The molecule has 0 aliphatic carbocycles. The van der Waals surface area contributed by atoms with Crippen molar-refractivity contribution in [1.29, 1.82) is 0 Å². The summed E-state index contributed by atoms with van der Waals surface area (Å²) in [4.78, 5) is 8.26. The SMILES string of the molecule is CCCNCc1nccn1Cc1ncon1. The first kappa shape index (κ1) is 10.8. The number of imidazole rings is 1. The lowest BCUT2D eigenvalue weighted by molar-refractivity contribution is 0.407. The Morgan fingerprint density at radius 2 is 2.38 bits per heavy atom. The van der Waals surface area contributed by atoms with Crippen LogP contribution in [0.3, 0.4) is 0 Å². The van der Waals surface area contributed by atoms with Crippen LogP contribution in [0.15, 0.2) is 23.3 Å². The molecule has 0 aliphatic rings. The lowest BCUT2D eigenvalue weighted by Crippen LogP contribution is -2.18. The highest BCUT2D eigenvalue weighted by molar-refractivity contribution is 4.95. The fraction of sp³-hybridized carbons (Fsp3) is 0.500. The molecule has 0 saturated carbocycles. The van der Waals surface area contributed by atoms with E-state index in [1.165, 1.54) is 6.39 Å². The Hall–Kier alpha value is -1.69. The van der Waals surface area contributed by atoms with E-state index >= 15 is 0 Å². The summed E-state index contributed by atoms with van der Waals surface area (Å²) in [5.41, 5.74) is 0. The van der Waals surface area contributed by atoms with Crippen LogP contribution >= 0.6 is 0 Å². The van der Waals surface area contributed by atoms with Crippen molar-refractivity contribution in [2.45, 2.75) is 26.4 Å². The zero-order valence-electron chi connectivity index (χ0n) is 9.26. The van der Waals surface area contributed by atoms with Crippen molar-refractivity contribution in [3.63, 3.8) is 0 Å². The van der Waals surface area contributed by atoms with Gasteiger partial charge in [0.25, 0.3) is 0 Å². The van der Waals surface area contributed by atoms with Crippen molar-refractivity contribution in [2.75, 3.05) is 6.54 Å². The number of hydrogen-bond donors (Lipinski definition) is 1. The Morgan fingerprint density at radius 3 is 3.12 bits per heavy atom. The van der Waals surface area contributed by atoms with Gasteiger partial charge in [0.1, 0.15) is 5.82 Å². The molecule has 2 aromatic heterocycles. The van der Waals surface area contributed by atoms with E-state index in [1.54, 1.807) is 6.20 Å². The quantitative estimate of drug-likeness (QED) is 0.731. The van der Waals surface area contributed by atoms with E-state index in [-0.39, 0.29) is 0 Å². The third-order valence-electron chi connectivity index (χ3n) is 2.23. The smallest absolute Gasteiger partial charge is 0.213 e. The summed E-state index contributed by atoms with van der Waals surface area (Å²) >= 11 is 0.